The van der Waals surface area contributed by atoms with E-state index in [1.807, 2.05) is 6.07 Å². The number of hydrogen-bond donors (Lipinski definition) is 0. The van der Waals surface area contributed by atoms with E-state index >= 15 is 0 Å². The first-order chi connectivity index (χ1) is 14.3. The Kier molecular flexibility index (Phi) is 6.42. The second kappa shape index (κ2) is 9.57. The molecule has 0 aliphatic rings. The third-order valence-electron chi connectivity index (χ3n) is 4.97. The Morgan fingerprint density at radius 3 is 2.03 bits per heavy atom. The minimum atomic E-state index is 0.766. The van der Waals surface area contributed by atoms with Crippen molar-refractivity contribution in [2.45, 2.75) is 31.3 Å². The van der Waals surface area contributed by atoms with Gasteiger partial charge in [0.25, 0.3) is 0 Å². The molecule has 3 nitrogen and oxygen atoms in total. The molecule has 0 fully saturated rings. The average molecular weight is 400 g/mol. The first-order valence-corrected chi connectivity index (χ1v) is 11.1. The Morgan fingerprint density at radius 2 is 1.38 bits per heavy atom. The number of benzene rings is 3. The van der Waals surface area contributed by atoms with E-state index in [-0.39, 0.29) is 0 Å². The summed E-state index contributed by atoms with van der Waals surface area (Å²) in [6.45, 7) is 2.18. The lowest BCUT2D eigenvalue weighted by atomic mass is 10.1. The van der Waals surface area contributed by atoms with E-state index in [4.69, 9.17) is 0 Å². The topological polar surface area (TPSA) is 30.7 Å². The molecule has 0 saturated carbocycles. The third-order valence-corrected chi connectivity index (χ3v) is 5.90. The minimum Gasteiger partial charge on any atom is -0.274 e. The molecule has 0 spiro atoms. The van der Waals surface area contributed by atoms with Gasteiger partial charge in [0, 0.05) is 17.9 Å². The van der Waals surface area contributed by atoms with Crippen molar-refractivity contribution in [2.24, 2.45) is 0 Å². The molecule has 0 amide bonds. The van der Waals surface area contributed by atoms with Crippen LogP contribution in [0.5, 0.6) is 0 Å². The van der Waals surface area contributed by atoms with Crippen molar-refractivity contribution in [3.63, 3.8) is 0 Å². The standard InChI is InChI=1S/C25H25N3S/c1-2-20-13-15-23(16-14-20)28-24(19-22-11-7-4-8-12-22)26-27-25(28)29-18-17-21-9-5-3-6-10-21/h3-16H,2,17-19H2,1H3. The van der Waals surface area contributed by atoms with Gasteiger partial charge in [-0.15, -0.1) is 10.2 Å². The second-order valence-electron chi connectivity index (χ2n) is 7.00. The largest absolute Gasteiger partial charge is 0.274 e. The van der Waals surface area contributed by atoms with Gasteiger partial charge in [0.2, 0.25) is 0 Å². The van der Waals surface area contributed by atoms with E-state index in [1.165, 1.54) is 16.7 Å². The van der Waals surface area contributed by atoms with E-state index in [2.05, 4.69) is 101 Å². The zero-order chi connectivity index (χ0) is 19.9. The summed E-state index contributed by atoms with van der Waals surface area (Å²) in [5.74, 6) is 1.95. The lowest BCUT2D eigenvalue weighted by Crippen LogP contribution is -2.04. The highest BCUT2D eigenvalue weighted by atomic mass is 32.2. The first-order valence-electron chi connectivity index (χ1n) is 10.1. The maximum atomic E-state index is 4.55. The van der Waals surface area contributed by atoms with Gasteiger partial charge in [0.1, 0.15) is 5.82 Å². The van der Waals surface area contributed by atoms with E-state index in [0.717, 1.165) is 41.7 Å². The summed E-state index contributed by atoms with van der Waals surface area (Å²) in [6, 6.07) is 29.8. The molecular weight excluding hydrogens is 374 g/mol. The van der Waals surface area contributed by atoms with Crippen molar-refractivity contribution in [2.75, 3.05) is 5.75 Å². The van der Waals surface area contributed by atoms with Crippen molar-refractivity contribution < 1.29 is 0 Å². The van der Waals surface area contributed by atoms with Crippen molar-refractivity contribution in [3.05, 3.63) is 107 Å². The summed E-state index contributed by atoms with van der Waals surface area (Å²) in [7, 11) is 0. The minimum absolute atomic E-state index is 0.766. The van der Waals surface area contributed by atoms with Crippen LogP contribution in [0.4, 0.5) is 0 Å². The number of nitrogens with zero attached hydrogens (tertiary/aromatic N) is 3. The number of rotatable bonds is 8. The van der Waals surface area contributed by atoms with Crippen LogP contribution in [0, 0.1) is 0 Å². The molecule has 146 valence electrons. The Balaban J connectivity index is 1.59. The quantitative estimate of drug-likeness (QED) is 0.353. The van der Waals surface area contributed by atoms with Crippen LogP contribution in [-0.4, -0.2) is 20.5 Å². The summed E-state index contributed by atoms with van der Waals surface area (Å²) in [6.07, 6.45) is 2.82. The Morgan fingerprint density at radius 1 is 0.724 bits per heavy atom. The SMILES string of the molecule is CCc1ccc(-n2c(Cc3ccccc3)nnc2SCCc2ccccc2)cc1. The molecule has 4 rings (SSSR count). The van der Waals surface area contributed by atoms with Gasteiger partial charge in [0.05, 0.1) is 0 Å². The van der Waals surface area contributed by atoms with Crippen LogP contribution < -0.4 is 0 Å². The van der Waals surface area contributed by atoms with Crippen molar-refractivity contribution >= 4 is 11.8 Å². The zero-order valence-electron chi connectivity index (χ0n) is 16.7. The summed E-state index contributed by atoms with van der Waals surface area (Å²) in [5.41, 5.74) is 5.06. The highest BCUT2D eigenvalue weighted by Crippen LogP contribution is 2.24. The first kappa shape index (κ1) is 19.5. The van der Waals surface area contributed by atoms with Gasteiger partial charge < -0.3 is 0 Å². The normalized spacial score (nSPS) is 10.9. The Labute approximate surface area is 176 Å². The monoisotopic (exact) mass is 399 g/mol. The molecule has 29 heavy (non-hydrogen) atoms. The van der Waals surface area contributed by atoms with Crippen molar-refractivity contribution in [1.82, 2.24) is 14.8 Å². The fourth-order valence-corrected chi connectivity index (χ4v) is 4.29. The van der Waals surface area contributed by atoms with Crippen LogP contribution >= 0.6 is 11.8 Å². The Hall–Kier alpha value is -2.85. The van der Waals surface area contributed by atoms with E-state index < -0.39 is 0 Å². The molecule has 0 bridgehead atoms. The van der Waals surface area contributed by atoms with Gasteiger partial charge in [-0.25, -0.2) is 0 Å². The molecule has 0 N–H and O–H groups in total. The molecular formula is C25H25N3S. The fourth-order valence-electron chi connectivity index (χ4n) is 3.33. The van der Waals surface area contributed by atoms with Gasteiger partial charge in [-0.2, -0.15) is 0 Å². The number of aryl methyl sites for hydroxylation is 2. The van der Waals surface area contributed by atoms with E-state index in [9.17, 15) is 0 Å². The van der Waals surface area contributed by atoms with Gasteiger partial charge in [-0.05, 0) is 41.7 Å². The maximum absolute atomic E-state index is 4.55. The van der Waals surface area contributed by atoms with Crippen molar-refractivity contribution in [1.29, 1.82) is 0 Å². The fraction of sp³-hybridized carbons (Fsp3) is 0.200. The van der Waals surface area contributed by atoms with Crippen LogP contribution in [-0.2, 0) is 19.3 Å². The molecule has 0 saturated heterocycles. The molecule has 4 aromatic rings. The van der Waals surface area contributed by atoms with Gasteiger partial charge in [-0.3, -0.25) is 4.57 Å². The molecule has 0 unspecified atom stereocenters. The molecule has 0 aliphatic heterocycles. The molecule has 0 atom stereocenters. The molecule has 1 heterocycles. The predicted octanol–water partition coefficient (Wildman–Crippen LogP) is 5.76. The summed E-state index contributed by atoms with van der Waals surface area (Å²) >= 11 is 1.77. The average Bonchev–Trinajstić information content (AvgIpc) is 3.17. The van der Waals surface area contributed by atoms with E-state index in [1.54, 1.807) is 11.8 Å². The highest BCUT2D eigenvalue weighted by Gasteiger charge is 2.15. The van der Waals surface area contributed by atoms with Crippen LogP contribution in [0.2, 0.25) is 0 Å². The van der Waals surface area contributed by atoms with Crippen LogP contribution in [0.15, 0.2) is 90.1 Å². The molecule has 0 aliphatic carbocycles. The van der Waals surface area contributed by atoms with Gasteiger partial charge in [-0.1, -0.05) is 91.5 Å². The molecule has 3 aromatic carbocycles. The van der Waals surface area contributed by atoms with Gasteiger partial charge in [0.15, 0.2) is 5.16 Å². The predicted molar refractivity (Wildman–Crippen MR) is 121 cm³/mol. The molecule has 4 heteroatoms. The van der Waals surface area contributed by atoms with Crippen molar-refractivity contribution in [3.8, 4) is 5.69 Å². The lowest BCUT2D eigenvalue weighted by Gasteiger charge is -2.11. The Bertz CT molecular complexity index is 1020. The van der Waals surface area contributed by atoms with E-state index in [0.29, 0.717) is 0 Å². The van der Waals surface area contributed by atoms with Crippen LogP contribution in [0.25, 0.3) is 5.69 Å². The smallest absolute Gasteiger partial charge is 0.195 e. The number of hydrogen-bond acceptors (Lipinski definition) is 3. The third kappa shape index (κ3) is 4.96. The number of aromatic nitrogens is 3. The number of thioether (sulfide) groups is 1. The molecule has 1 aromatic heterocycles. The maximum Gasteiger partial charge on any atom is 0.195 e. The molecule has 0 radical (unpaired) electrons. The zero-order valence-corrected chi connectivity index (χ0v) is 17.5. The summed E-state index contributed by atoms with van der Waals surface area (Å²) < 4.78 is 2.21. The summed E-state index contributed by atoms with van der Waals surface area (Å²) in [5, 5.41) is 10.0. The highest BCUT2D eigenvalue weighted by molar-refractivity contribution is 7.99. The van der Waals surface area contributed by atoms with Crippen LogP contribution in [0.1, 0.15) is 29.4 Å². The second-order valence-corrected chi connectivity index (χ2v) is 8.06. The lowest BCUT2D eigenvalue weighted by molar-refractivity contribution is 0.846. The summed E-state index contributed by atoms with van der Waals surface area (Å²) in [4.78, 5) is 0. The van der Waals surface area contributed by atoms with Crippen LogP contribution in [0.3, 0.4) is 0 Å². The van der Waals surface area contributed by atoms with Gasteiger partial charge >= 0.3 is 0 Å².